The van der Waals surface area contributed by atoms with E-state index < -0.39 is 0 Å². The minimum absolute atomic E-state index is 0.113. The van der Waals surface area contributed by atoms with E-state index in [1.54, 1.807) is 12.1 Å². The van der Waals surface area contributed by atoms with Crippen molar-refractivity contribution < 1.29 is 9.84 Å². The van der Waals surface area contributed by atoms with Crippen LogP contribution >= 0.6 is 0 Å². The van der Waals surface area contributed by atoms with Gasteiger partial charge in [-0.1, -0.05) is 19.9 Å². The van der Waals surface area contributed by atoms with E-state index >= 15 is 0 Å². The second kappa shape index (κ2) is 7.51. The van der Waals surface area contributed by atoms with Crippen molar-refractivity contribution >= 4 is 5.96 Å². The Bertz CT molecular complexity index is 431. The van der Waals surface area contributed by atoms with Crippen molar-refractivity contribution in [3.63, 3.8) is 0 Å². The van der Waals surface area contributed by atoms with Crippen molar-refractivity contribution in [1.29, 1.82) is 0 Å². The Morgan fingerprint density at radius 3 is 2.79 bits per heavy atom. The Balaban J connectivity index is 2.48. The third-order valence-corrected chi connectivity index (χ3v) is 2.70. The maximum absolute atomic E-state index is 9.64. The minimum Gasteiger partial charge on any atom is -0.504 e. The van der Waals surface area contributed by atoms with Gasteiger partial charge in [0.1, 0.15) is 0 Å². The first-order chi connectivity index (χ1) is 9.02. The van der Waals surface area contributed by atoms with E-state index in [1.165, 1.54) is 7.11 Å². The van der Waals surface area contributed by atoms with Gasteiger partial charge in [-0.25, -0.2) is 4.99 Å². The summed E-state index contributed by atoms with van der Waals surface area (Å²) in [5.74, 6) is 1.63. The Labute approximate surface area is 114 Å². The second-order valence-corrected chi connectivity index (χ2v) is 4.82. The van der Waals surface area contributed by atoms with Gasteiger partial charge in [0.15, 0.2) is 17.5 Å². The molecule has 0 amide bonds. The molecule has 1 aromatic carbocycles. The second-order valence-electron chi connectivity index (χ2n) is 4.82. The van der Waals surface area contributed by atoms with Crippen molar-refractivity contribution in [2.24, 2.45) is 16.6 Å². The van der Waals surface area contributed by atoms with Crippen molar-refractivity contribution in [1.82, 2.24) is 5.32 Å². The lowest BCUT2D eigenvalue weighted by atomic mass is 10.1. The largest absolute Gasteiger partial charge is 0.504 e. The van der Waals surface area contributed by atoms with Crippen molar-refractivity contribution in [3.8, 4) is 11.5 Å². The zero-order valence-corrected chi connectivity index (χ0v) is 11.8. The van der Waals surface area contributed by atoms with Crippen LogP contribution in [0.1, 0.15) is 25.8 Å². The molecule has 106 valence electrons. The topological polar surface area (TPSA) is 79.9 Å². The fraction of sp³-hybridized carbons (Fsp3) is 0.500. The standard InChI is InChI=1S/C14H23N3O2/c1-10(2)6-7-16-14(15)17-9-11-4-5-13(19-3)12(18)8-11/h4-5,8,10,18H,6-7,9H2,1-3H3,(H3,15,16,17). The van der Waals surface area contributed by atoms with Crippen molar-refractivity contribution in [3.05, 3.63) is 23.8 Å². The normalized spacial score (nSPS) is 11.7. The zero-order chi connectivity index (χ0) is 14.3. The lowest BCUT2D eigenvalue weighted by Crippen LogP contribution is -2.32. The van der Waals surface area contributed by atoms with E-state index in [1.807, 2.05) is 6.07 Å². The Kier molecular flexibility index (Phi) is 5.99. The molecule has 0 fully saturated rings. The fourth-order valence-corrected chi connectivity index (χ4v) is 1.56. The van der Waals surface area contributed by atoms with Gasteiger partial charge in [-0.3, -0.25) is 0 Å². The van der Waals surface area contributed by atoms with Gasteiger partial charge < -0.3 is 20.9 Å². The number of guanidine groups is 1. The molecule has 0 saturated heterocycles. The number of methoxy groups -OCH3 is 1. The van der Waals surface area contributed by atoms with Crippen LogP contribution in [-0.4, -0.2) is 24.7 Å². The van der Waals surface area contributed by atoms with E-state index in [-0.39, 0.29) is 5.75 Å². The van der Waals surface area contributed by atoms with Crippen molar-refractivity contribution in [2.45, 2.75) is 26.8 Å². The lowest BCUT2D eigenvalue weighted by molar-refractivity contribution is 0.373. The number of nitrogens with one attached hydrogen (secondary N) is 1. The predicted molar refractivity (Wildman–Crippen MR) is 77.4 cm³/mol. The van der Waals surface area contributed by atoms with Crippen molar-refractivity contribution in [2.75, 3.05) is 13.7 Å². The average molecular weight is 265 g/mol. The first-order valence-electron chi connectivity index (χ1n) is 6.42. The summed E-state index contributed by atoms with van der Waals surface area (Å²) in [4.78, 5) is 4.22. The molecule has 0 aliphatic carbocycles. The first-order valence-corrected chi connectivity index (χ1v) is 6.42. The Hall–Kier alpha value is -1.91. The summed E-state index contributed by atoms with van der Waals surface area (Å²) in [6.07, 6.45) is 1.06. The van der Waals surface area contributed by atoms with Gasteiger partial charge in [0.05, 0.1) is 13.7 Å². The quantitative estimate of drug-likeness (QED) is 0.541. The predicted octanol–water partition coefficient (Wildman–Crippen LogP) is 1.85. The summed E-state index contributed by atoms with van der Waals surface area (Å²) in [6.45, 7) is 5.57. The maximum atomic E-state index is 9.64. The van der Waals surface area contributed by atoms with Crippen LogP contribution in [0.15, 0.2) is 23.2 Å². The molecule has 19 heavy (non-hydrogen) atoms. The van der Waals surface area contributed by atoms with E-state index in [4.69, 9.17) is 10.5 Å². The van der Waals surface area contributed by atoms with Gasteiger partial charge in [0.2, 0.25) is 0 Å². The molecule has 1 aromatic rings. The average Bonchev–Trinajstić information content (AvgIpc) is 2.36. The summed E-state index contributed by atoms with van der Waals surface area (Å²) in [7, 11) is 1.52. The fourth-order valence-electron chi connectivity index (χ4n) is 1.56. The number of rotatable bonds is 6. The monoisotopic (exact) mass is 265 g/mol. The number of hydrogen-bond acceptors (Lipinski definition) is 3. The van der Waals surface area contributed by atoms with Crippen LogP contribution in [0.5, 0.6) is 11.5 Å². The van der Waals surface area contributed by atoms with Crippen LogP contribution in [0, 0.1) is 5.92 Å². The number of benzene rings is 1. The molecule has 5 heteroatoms. The van der Waals surface area contributed by atoms with Crippen LogP contribution in [0.4, 0.5) is 0 Å². The highest BCUT2D eigenvalue weighted by Gasteiger charge is 2.02. The van der Waals surface area contributed by atoms with E-state index in [0.29, 0.717) is 24.2 Å². The molecule has 0 bridgehead atoms. The van der Waals surface area contributed by atoms with E-state index in [9.17, 15) is 5.11 Å². The smallest absolute Gasteiger partial charge is 0.188 e. The molecule has 0 saturated carbocycles. The summed E-state index contributed by atoms with van der Waals surface area (Å²) in [6, 6.07) is 5.19. The Morgan fingerprint density at radius 1 is 1.47 bits per heavy atom. The number of aliphatic imine (C=N–C) groups is 1. The molecule has 0 spiro atoms. The van der Waals surface area contributed by atoms with Gasteiger partial charge in [0.25, 0.3) is 0 Å². The van der Waals surface area contributed by atoms with Gasteiger partial charge >= 0.3 is 0 Å². The third-order valence-electron chi connectivity index (χ3n) is 2.70. The summed E-state index contributed by atoms with van der Waals surface area (Å²) in [5.41, 5.74) is 6.63. The third kappa shape index (κ3) is 5.50. The number of nitrogens with two attached hydrogens (primary N) is 1. The van der Waals surface area contributed by atoms with Gasteiger partial charge in [0, 0.05) is 6.54 Å². The van der Waals surface area contributed by atoms with E-state index in [0.717, 1.165) is 18.5 Å². The van der Waals surface area contributed by atoms with Crippen LogP contribution < -0.4 is 15.8 Å². The number of hydrogen-bond donors (Lipinski definition) is 3. The number of phenolic OH excluding ortho intramolecular Hbond substituents is 1. The zero-order valence-electron chi connectivity index (χ0n) is 11.8. The maximum Gasteiger partial charge on any atom is 0.188 e. The SMILES string of the molecule is COc1ccc(CN=C(N)NCCC(C)C)cc1O. The molecular formula is C14H23N3O2. The van der Waals surface area contributed by atoms with Gasteiger partial charge in [-0.2, -0.15) is 0 Å². The molecule has 0 aliphatic heterocycles. The molecule has 1 rings (SSSR count). The highest BCUT2D eigenvalue weighted by molar-refractivity contribution is 5.77. The summed E-state index contributed by atoms with van der Waals surface area (Å²) in [5, 5.41) is 12.7. The number of ether oxygens (including phenoxy) is 1. The first kappa shape index (κ1) is 15.1. The highest BCUT2D eigenvalue weighted by atomic mass is 16.5. The molecule has 0 radical (unpaired) electrons. The van der Waals surface area contributed by atoms with Gasteiger partial charge in [-0.05, 0) is 30.0 Å². The minimum atomic E-state index is 0.113. The number of phenols is 1. The van der Waals surface area contributed by atoms with E-state index in [2.05, 4.69) is 24.2 Å². The Morgan fingerprint density at radius 2 is 2.21 bits per heavy atom. The van der Waals surface area contributed by atoms with Crippen LogP contribution in [0.2, 0.25) is 0 Å². The van der Waals surface area contributed by atoms with Crippen LogP contribution in [-0.2, 0) is 6.54 Å². The van der Waals surface area contributed by atoms with Crippen LogP contribution in [0.3, 0.4) is 0 Å². The summed E-state index contributed by atoms with van der Waals surface area (Å²) >= 11 is 0. The molecule has 0 atom stereocenters. The van der Waals surface area contributed by atoms with Gasteiger partial charge in [-0.15, -0.1) is 0 Å². The highest BCUT2D eigenvalue weighted by Crippen LogP contribution is 2.26. The molecule has 0 aromatic heterocycles. The number of aromatic hydroxyl groups is 1. The molecule has 0 heterocycles. The lowest BCUT2D eigenvalue weighted by Gasteiger charge is -2.08. The molecular weight excluding hydrogens is 242 g/mol. The molecule has 5 nitrogen and oxygen atoms in total. The molecule has 0 aliphatic rings. The summed E-state index contributed by atoms with van der Waals surface area (Å²) < 4.78 is 4.98. The van der Waals surface area contributed by atoms with Crippen LogP contribution in [0.25, 0.3) is 0 Å². The molecule has 0 unspecified atom stereocenters. The number of nitrogens with zero attached hydrogens (tertiary/aromatic N) is 1. The molecule has 4 N–H and O–H groups in total.